The maximum Gasteiger partial charge on any atom is 0.206 e. The molecule has 2 rings (SSSR count). The largest absolute Gasteiger partial charge is 0.341 e. The van der Waals surface area contributed by atoms with Gasteiger partial charge in [0.2, 0.25) is 5.95 Å². The van der Waals surface area contributed by atoms with Crippen LogP contribution in [0.1, 0.15) is 12.1 Å². The van der Waals surface area contributed by atoms with Crippen LogP contribution in [0.4, 0.5) is 5.95 Å². The monoisotopic (exact) mass is 220 g/mol. The van der Waals surface area contributed by atoms with Crippen LogP contribution >= 0.6 is 0 Å². The molecule has 4 nitrogen and oxygen atoms in total. The van der Waals surface area contributed by atoms with Gasteiger partial charge in [-0.25, -0.2) is 4.98 Å². The molecule has 1 unspecified atom stereocenters. The van der Waals surface area contributed by atoms with Crippen molar-refractivity contribution in [1.82, 2.24) is 14.9 Å². The average Bonchev–Trinajstić information content (AvgIpc) is 2.85. The number of hydrogen-bond donors (Lipinski definition) is 1. The predicted octanol–water partition coefficient (Wildman–Crippen LogP) is 1.18. The van der Waals surface area contributed by atoms with Crippen molar-refractivity contribution in [2.24, 2.45) is 0 Å². The Morgan fingerprint density at radius 3 is 3.12 bits per heavy atom. The molecule has 1 atom stereocenters. The molecule has 0 amide bonds. The highest BCUT2D eigenvalue weighted by molar-refractivity contribution is 5.35. The smallest absolute Gasteiger partial charge is 0.206 e. The van der Waals surface area contributed by atoms with Gasteiger partial charge < -0.3 is 14.8 Å². The summed E-state index contributed by atoms with van der Waals surface area (Å²) in [4.78, 5) is 6.94. The molecular formula is C12H20N4. The first kappa shape index (κ1) is 11.2. The van der Waals surface area contributed by atoms with Gasteiger partial charge in [-0.2, -0.15) is 0 Å². The van der Waals surface area contributed by atoms with E-state index in [4.69, 9.17) is 0 Å². The normalized spacial score (nSPS) is 20.4. The second-order valence-electron chi connectivity index (χ2n) is 4.34. The van der Waals surface area contributed by atoms with Crippen LogP contribution < -0.4 is 10.2 Å². The zero-order valence-corrected chi connectivity index (χ0v) is 10.1. The molecule has 1 aromatic rings. The van der Waals surface area contributed by atoms with E-state index in [2.05, 4.69) is 32.5 Å². The van der Waals surface area contributed by atoms with E-state index < -0.39 is 0 Å². The number of nitrogens with zero attached hydrogens (tertiary/aromatic N) is 3. The van der Waals surface area contributed by atoms with Crippen molar-refractivity contribution >= 4 is 5.95 Å². The Hall–Kier alpha value is -1.29. The van der Waals surface area contributed by atoms with Crippen LogP contribution in [0.3, 0.4) is 0 Å². The molecule has 0 aromatic carbocycles. The molecule has 1 aliphatic heterocycles. The first-order valence-electron chi connectivity index (χ1n) is 5.81. The topological polar surface area (TPSA) is 33.1 Å². The third kappa shape index (κ3) is 2.11. The molecule has 1 aliphatic rings. The van der Waals surface area contributed by atoms with Gasteiger partial charge in [0, 0.05) is 31.9 Å². The molecule has 0 radical (unpaired) electrons. The van der Waals surface area contributed by atoms with Crippen molar-refractivity contribution in [3.05, 3.63) is 24.5 Å². The zero-order valence-electron chi connectivity index (χ0n) is 10.1. The van der Waals surface area contributed by atoms with E-state index in [0.29, 0.717) is 6.04 Å². The number of aromatic nitrogens is 2. The highest BCUT2D eigenvalue weighted by Gasteiger charge is 2.24. The standard InChI is InChI=1S/C12H20N4/c1-4-6-15-8-10(2)14-12(15)16-7-5-11(9-16)13-3/h4,8,11,13H,1,5-7,9H2,2-3H3. The van der Waals surface area contributed by atoms with Gasteiger partial charge in [0.1, 0.15) is 0 Å². The quantitative estimate of drug-likeness (QED) is 0.773. The van der Waals surface area contributed by atoms with Crippen LogP contribution in [0.2, 0.25) is 0 Å². The Balaban J connectivity index is 2.16. The fourth-order valence-corrected chi connectivity index (χ4v) is 2.24. The third-order valence-corrected chi connectivity index (χ3v) is 3.08. The van der Waals surface area contributed by atoms with Gasteiger partial charge in [0.05, 0.1) is 5.69 Å². The Morgan fingerprint density at radius 1 is 1.69 bits per heavy atom. The number of nitrogens with one attached hydrogen (secondary N) is 1. The summed E-state index contributed by atoms with van der Waals surface area (Å²) in [7, 11) is 2.02. The fraction of sp³-hybridized carbons (Fsp3) is 0.583. The van der Waals surface area contributed by atoms with E-state index in [1.807, 2.05) is 20.0 Å². The molecule has 1 N–H and O–H groups in total. The molecule has 88 valence electrons. The lowest BCUT2D eigenvalue weighted by Gasteiger charge is -2.18. The van der Waals surface area contributed by atoms with Crippen molar-refractivity contribution < 1.29 is 0 Å². The molecular weight excluding hydrogens is 200 g/mol. The van der Waals surface area contributed by atoms with E-state index in [9.17, 15) is 0 Å². The highest BCUT2D eigenvalue weighted by Crippen LogP contribution is 2.19. The molecule has 1 fully saturated rings. The highest BCUT2D eigenvalue weighted by atomic mass is 15.3. The minimum Gasteiger partial charge on any atom is -0.341 e. The first-order valence-corrected chi connectivity index (χ1v) is 5.81. The summed E-state index contributed by atoms with van der Waals surface area (Å²) in [6.07, 6.45) is 5.19. The number of hydrogen-bond acceptors (Lipinski definition) is 3. The van der Waals surface area contributed by atoms with Crippen molar-refractivity contribution in [1.29, 1.82) is 0 Å². The lowest BCUT2D eigenvalue weighted by molar-refractivity contribution is 0.615. The molecule has 2 heterocycles. The van der Waals surface area contributed by atoms with Gasteiger partial charge in [0.25, 0.3) is 0 Å². The van der Waals surface area contributed by atoms with Crippen molar-refractivity contribution in [2.45, 2.75) is 25.9 Å². The molecule has 0 saturated carbocycles. The van der Waals surface area contributed by atoms with Crippen LogP contribution in [0.25, 0.3) is 0 Å². The zero-order chi connectivity index (χ0) is 11.5. The van der Waals surface area contributed by atoms with Crippen LogP contribution in [0.15, 0.2) is 18.9 Å². The van der Waals surface area contributed by atoms with Gasteiger partial charge in [-0.15, -0.1) is 6.58 Å². The van der Waals surface area contributed by atoms with E-state index in [1.165, 1.54) is 6.42 Å². The van der Waals surface area contributed by atoms with Gasteiger partial charge in [-0.3, -0.25) is 0 Å². The molecule has 0 bridgehead atoms. The molecule has 4 heteroatoms. The number of allylic oxidation sites excluding steroid dienone is 1. The van der Waals surface area contributed by atoms with Crippen LogP contribution in [0.5, 0.6) is 0 Å². The molecule has 1 saturated heterocycles. The summed E-state index contributed by atoms with van der Waals surface area (Å²) >= 11 is 0. The summed E-state index contributed by atoms with van der Waals surface area (Å²) in [6.45, 7) is 8.78. The number of imidazole rings is 1. The van der Waals surface area contributed by atoms with Crippen molar-refractivity contribution in [3.63, 3.8) is 0 Å². The van der Waals surface area contributed by atoms with Crippen molar-refractivity contribution in [3.8, 4) is 0 Å². The minimum absolute atomic E-state index is 0.592. The second kappa shape index (κ2) is 4.70. The lowest BCUT2D eigenvalue weighted by Crippen LogP contribution is -2.30. The number of anilines is 1. The van der Waals surface area contributed by atoms with E-state index in [0.717, 1.165) is 31.3 Å². The van der Waals surface area contributed by atoms with Crippen LogP contribution in [-0.4, -0.2) is 35.7 Å². The number of aryl methyl sites for hydroxylation is 1. The predicted molar refractivity (Wildman–Crippen MR) is 66.8 cm³/mol. The van der Waals surface area contributed by atoms with Gasteiger partial charge in [-0.1, -0.05) is 6.08 Å². The van der Waals surface area contributed by atoms with Gasteiger partial charge >= 0.3 is 0 Å². The molecule has 1 aromatic heterocycles. The molecule has 16 heavy (non-hydrogen) atoms. The Kier molecular flexibility index (Phi) is 3.29. The summed E-state index contributed by atoms with van der Waals surface area (Å²) in [5.41, 5.74) is 1.07. The Labute approximate surface area is 97.0 Å². The summed E-state index contributed by atoms with van der Waals surface area (Å²) in [5, 5.41) is 3.32. The summed E-state index contributed by atoms with van der Waals surface area (Å²) in [6, 6.07) is 0.592. The second-order valence-corrected chi connectivity index (χ2v) is 4.34. The van der Waals surface area contributed by atoms with E-state index in [-0.39, 0.29) is 0 Å². The third-order valence-electron chi connectivity index (χ3n) is 3.08. The maximum atomic E-state index is 4.59. The number of likely N-dealkylation sites (N-methyl/N-ethyl adjacent to an activating group) is 1. The molecule has 0 aliphatic carbocycles. The summed E-state index contributed by atoms with van der Waals surface area (Å²) in [5.74, 6) is 1.08. The maximum absolute atomic E-state index is 4.59. The van der Waals surface area contributed by atoms with Crippen molar-refractivity contribution in [2.75, 3.05) is 25.0 Å². The fourth-order valence-electron chi connectivity index (χ4n) is 2.24. The minimum atomic E-state index is 0.592. The first-order chi connectivity index (χ1) is 7.74. The Bertz CT molecular complexity index is 369. The molecule has 0 spiro atoms. The van der Waals surface area contributed by atoms with Gasteiger partial charge in [-0.05, 0) is 20.4 Å². The van der Waals surface area contributed by atoms with E-state index in [1.54, 1.807) is 0 Å². The van der Waals surface area contributed by atoms with Crippen LogP contribution in [-0.2, 0) is 6.54 Å². The van der Waals surface area contributed by atoms with Crippen LogP contribution in [0, 0.1) is 6.92 Å². The van der Waals surface area contributed by atoms with Gasteiger partial charge in [0.15, 0.2) is 0 Å². The number of rotatable bonds is 4. The van der Waals surface area contributed by atoms with E-state index >= 15 is 0 Å². The lowest BCUT2D eigenvalue weighted by atomic mass is 10.3. The average molecular weight is 220 g/mol. The Morgan fingerprint density at radius 2 is 2.50 bits per heavy atom. The SMILES string of the molecule is C=CCn1cc(C)nc1N1CCC(NC)C1. The summed E-state index contributed by atoms with van der Waals surface area (Å²) < 4.78 is 2.17.